The van der Waals surface area contributed by atoms with Crippen LogP contribution in [0.1, 0.15) is 153 Å². The molecule has 0 heterocycles. The zero-order chi connectivity index (χ0) is 21.5. The van der Waals surface area contributed by atoms with Crippen LogP contribution in [0.3, 0.4) is 0 Å². The van der Waals surface area contributed by atoms with Crippen LogP contribution in [-0.4, -0.2) is 0 Å². The van der Waals surface area contributed by atoms with Gasteiger partial charge >= 0.3 is 0 Å². The van der Waals surface area contributed by atoms with Gasteiger partial charge in [-0.25, -0.2) is 0 Å². The molecule has 1 aromatic rings. The second-order valence-corrected chi connectivity index (χ2v) is 9.56. The lowest BCUT2D eigenvalue weighted by atomic mass is 9.96. The maximum absolute atomic E-state index is 3.33. The van der Waals surface area contributed by atoms with E-state index >= 15 is 0 Å². The van der Waals surface area contributed by atoms with Gasteiger partial charge < -0.3 is 0 Å². The molecule has 0 aromatic heterocycles. The first kappa shape index (κ1) is 27.3. The monoisotopic (exact) mass is 413 g/mol. The molecular weight excluding hydrogens is 360 g/mol. The van der Waals surface area contributed by atoms with Crippen molar-refractivity contribution < 1.29 is 0 Å². The zero-order valence-electron chi connectivity index (χ0n) is 20.8. The Balaban J connectivity index is 2.02. The van der Waals surface area contributed by atoms with E-state index in [0.717, 1.165) is 0 Å². The van der Waals surface area contributed by atoms with Gasteiger partial charge in [-0.15, -0.1) is 0 Å². The summed E-state index contributed by atoms with van der Waals surface area (Å²) in [5, 5.41) is 0. The summed E-state index contributed by atoms with van der Waals surface area (Å²) in [6.45, 7) is 4.60. The Morgan fingerprint density at radius 2 is 0.833 bits per heavy atom. The molecule has 0 amide bonds. The molecule has 0 aliphatic rings. The quantitative estimate of drug-likeness (QED) is 0.166. The topological polar surface area (TPSA) is 0 Å². The van der Waals surface area contributed by atoms with Crippen molar-refractivity contribution in [1.29, 1.82) is 0 Å². The third-order valence-corrected chi connectivity index (χ3v) is 6.65. The van der Waals surface area contributed by atoms with Crippen molar-refractivity contribution >= 4 is 0 Å². The van der Waals surface area contributed by atoms with Crippen LogP contribution in [0, 0.1) is 6.07 Å². The molecule has 0 spiro atoms. The van der Waals surface area contributed by atoms with Crippen molar-refractivity contribution in [2.24, 2.45) is 0 Å². The van der Waals surface area contributed by atoms with Gasteiger partial charge in [0.05, 0.1) is 0 Å². The van der Waals surface area contributed by atoms with E-state index in [1.807, 2.05) is 0 Å². The lowest BCUT2D eigenvalue weighted by Gasteiger charge is -2.10. The number of hydrogen-bond acceptors (Lipinski definition) is 0. The fourth-order valence-electron chi connectivity index (χ4n) is 4.58. The molecule has 0 saturated carbocycles. The zero-order valence-corrected chi connectivity index (χ0v) is 20.8. The van der Waals surface area contributed by atoms with Crippen molar-refractivity contribution in [1.82, 2.24) is 0 Å². The van der Waals surface area contributed by atoms with E-state index < -0.39 is 0 Å². The van der Waals surface area contributed by atoms with Crippen LogP contribution < -0.4 is 0 Å². The molecule has 0 N–H and O–H groups in total. The van der Waals surface area contributed by atoms with Gasteiger partial charge in [0.15, 0.2) is 0 Å². The predicted octanol–water partition coefficient (Wildman–Crippen LogP) is 10.4. The van der Waals surface area contributed by atoms with Gasteiger partial charge in [0.2, 0.25) is 0 Å². The van der Waals surface area contributed by atoms with Gasteiger partial charge in [-0.2, -0.15) is 0 Å². The molecule has 1 radical (unpaired) electrons. The van der Waals surface area contributed by atoms with Crippen molar-refractivity contribution in [2.75, 3.05) is 0 Å². The molecule has 0 bridgehead atoms. The van der Waals surface area contributed by atoms with Gasteiger partial charge in [-0.05, 0) is 42.9 Å². The van der Waals surface area contributed by atoms with Gasteiger partial charge in [-0.3, -0.25) is 0 Å². The van der Waals surface area contributed by atoms with E-state index in [4.69, 9.17) is 0 Å². The summed E-state index contributed by atoms with van der Waals surface area (Å²) in [6, 6.07) is 10.0. The molecule has 0 aliphatic heterocycles. The number of benzene rings is 1. The van der Waals surface area contributed by atoms with Gasteiger partial charge in [0, 0.05) is 0 Å². The third kappa shape index (κ3) is 16.0. The fourth-order valence-corrected chi connectivity index (χ4v) is 4.58. The van der Waals surface area contributed by atoms with Crippen LogP contribution in [0.5, 0.6) is 0 Å². The minimum atomic E-state index is 1.26. The predicted molar refractivity (Wildman–Crippen MR) is 136 cm³/mol. The maximum Gasteiger partial charge on any atom is -0.0181 e. The number of hydrogen-bond donors (Lipinski definition) is 0. The highest BCUT2D eigenvalue weighted by Crippen LogP contribution is 2.18. The van der Waals surface area contributed by atoms with Gasteiger partial charge in [-0.1, -0.05) is 148 Å². The van der Waals surface area contributed by atoms with Crippen LogP contribution in [-0.2, 0) is 12.8 Å². The molecule has 173 valence electrons. The first-order chi connectivity index (χ1) is 14.9. The molecular formula is C30H53. The van der Waals surface area contributed by atoms with Crippen LogP contribution in [0.2, 0.25) is 0 Å². The van der Waals surface area contributed by atoms with Crippen molar-refractivity contribution in [3.63, 3.8) is 0 Å². The lowest BCUT2D eigenvalue weighted by molar-refractivity contribution is 0.553. The molecule has 0 unspecified atom stereocenters. The van der Waals surface area contributed by atoms with Crippen molar-refractivity contribution in [2.45, 2.75) is 155 Å². The highest BCUT2D eigenvalue weighted by molar-refractivity contribution is 5.26. The third-order valence-electron chi connectivity index (χ3n) is 6.65. The van der Waals surface area contributed by atoms with E-state index in [9.17, 15) is 0 Å². The second-order valence-electron chi connectivity index (χ2n) is 9.56. The summed E-state index contributed by atoms with van der Waals surface area (Å²) in [6.07, 6.45) is 31.0. The molecule has 0 nitrogen and oxygen atoms in total. The van der Waals surface area contributed by atoms with Crippen molar-refractivity contribution in [3.05, 3.63) is 35.4 Å². The first-order valence-electron chi connectivity index (χ1n) is 13.9. The summed E-state index contributed by atoms with van der Waals surface area (Å²) < 4.78 is 0. The number of rotatable bonds is 22. The number of unbranched alkanes of at least 4 members (excludes halogenated alkanes) is 18. The Morgan fingerprint density at radius 3 is 1.27 bits per heavy atom. The summed E-state index contributed by atoms with van der Waals surface area (Å²) in [5.41, 5.74) is 3.18. The Kier molecular flexibility index (Phi) is 19.5. The lowest BCUT2D eigenvalue weighted by Crippen LogP contribution is -1.95. The largest absolute Gasteiger partial charge is 0.0654 e. The molecule has 0 aliphatic carbocycles. The standard InChI is InChI=1S/C30H53/c1-3-5-7-9-11-13-15-17-19-21-25-29-27-23-24-28-30(29)26-22-20-18-16-14-12-10-8-6-4-2/h23,27-28H,3-22,25-26H2,1-2H3. The Bertz CT molecular complexity index is 418. The smallest absolute Gasteiger partial charge is 0.0181 e. The highest BCUT2D eigenvalue weighted by atomic mass is 14.1. The van der Waals surface area contributed by atoms with E-state index in [1.165, 1.54) is 141 Å². The second kappa shape index (κ2) is 21.5. The molecule has 0 heteroatoms. The summed E-state index contributed by atoms with van der Waals surface area (Å²) in [7, 11) is 0. The molecule has 0 saturated heterocycles. The minimum Gasteiger partial charge on any atom is -0.0654 e. The van der Waals surface area contributed by atoms with E-state index in [0.29, 0.717) is 0 Å². The Labute approximate surface area is 190 Å². The normalized spacial score (nSPS) is 11.3. The van der Waals surface area contributed by atoms with Crippen LogP contribution in [0.25, 0.3) is 0 Å². The van der Waals surface area contributed by atoms with Gasteiger partial charge in [0.25, 0.3) is 0 Å². The van der Waals surface area contributed by atoms with Gasteiger partial charge in [0.1, 0.15) is 0 Å². The Hall–Kier alpha value is -0.780. The van der Waals surface area contributed by atoms with E-state index in [2.05, 4.69) is 38.1 Å². The average Bonchev–Trinajstić information content (AvgIpc) is 2.77. The molecule has 0 fully saturated rings. The van der Waals surface area contributed by atoms with Crippen molar-refractivity contribution in [3.8, 4) is 0 Å². The maximum atomic E-state index is 3.33. The minimum absolute atomic E-state index is 1.26. The molecule has 30 heavy (non-hydrogen) atoms. The highest BCUT2D eigenvalue weighted by Gasteiger charge is 2.02. The van der Waals surface area contributed by atoms with Crippen LogP contribution in [0.4, 0.5) is 0 Å². The SMILES string of the molecule is CCCCCCCCCCCCc1c[c]ccc1CCCCCCCCCCCC. The van der Waals surface area contributed by atoms with E-state index in [-0.39, 0.29) is 0 Å². The van der Waals surface area contributed by atoms with E-state index in [1.54, 1.807) is 11.1 Å². The average molecular weight is 414 g/mol. The first-order valence-corrected chi connectivity index (χ1v) is 13.9. The van der Waals surface area contributed by atoms with Crippen LogP contribution >= 0.6 is 0 Å². The fraction of sp³-hybridized carbons (Fsp3) is 0.800. The summed E-state index contributed by atoms with van der Waals surface area (Å²) in [4.78, 5) is 0. The van der Waals surface area contributed by atoms with Crippen LogP contribution in [0.15, 0.2) is 18.2 Å². The molecule has 0 atom stereocenters. The summed E-state index contributed by atoms with van der Waals surface area (Å²) >= 11 is 0. The summed E-state index contributed by atoms with van der Waals surface area (Å²) in [5.74, 6) is 0. The molecule has 1 rings (SSSR count). The number of aryl methyl sites for hydroxylation is 2. The molecule has 1 aromatic carbocycles. The Morgan fingerprint density at radius 1 is 0.467 bits per heavy atom.